The second kappa shape index (κ2) is 8.50. The summed E-state index contributed by atoms with van der Waals surface area (Å²) >= 11 is 0. The number of amides is 3. The van der Waals surface area contributed by atoms with Crippen LogP contribution in [0, 0.1) is 5.82 Å². The minimum atomic E-state index is -0.806. The van der Waals surface area contributed by atoms with Crippen LogP contribution in [0.2, 0.25) is 0 Å². The van der Waals surface area contributed by atoms with Gasteiger partial charge in [0.25, 0.3) is 11.8 Å². The molecule has 0 unspecified atom stereocenters. The quantitative estimate of drug-likeness (QED) is 0.759. The number of carbonyl (C=O) groups is 3. The van der Waals surface area contributed by atoms with Gasteiger partial charge in [-0.25, -0.2) is 4.39 Å². The lowest BCUT2D eigenvalue weighted by Gasteiger charge is -2.43. The normalized spacial score (nSPS) is 19.8. The van der Waals surface area contributed by atoms with E-state index in [1.165, 1.54) is 18.2 Å². The Hall–Kier alpha value is -3.42. The third-order valence-electron chi connectivity index (χ3n) is 6.81. The predicted molar refractivity (Wildman–Crippen MR) is 121 cm³/mol. The van der Waals surface area contributed by atoms with Gasteiger partial charge in [0.05, 0.1) is 6.67 Å². The number of benzene rings is 2. The number of likely N-dealkylation sites (tertiary alicyclic amines) is 1. The number of carbonyl (C=O) groups excluding carboxylic acids is 3. The molecule has 0 radical (unpaired) electrons. The van der Waals surface area contributed by atoms with Crippen molar-refractivity contribution < 1.29 is 18.8 Å². The van der Waals surface area contributed by atoms with E-state index in [0.29, 0.717) is 38.2 Å². The van der Waals surface area contributed by atoms with Crippen molar-refractivity contribution in [1.29, 1.82) is 0 Å². The molecule has 0 aromatic heterocycles. The lowest BCUT2D eigenvalue weighted by atomic mass is 9.85. The molecule has 2 aromatic carbocycles. The van der Waals surface area contributed by atoms with Crippen LogP contribution in [0.3, 0.4) is 0 Å². The van der Waals surface area contributed by atoms with E-state index in [2.05, 4.69) is 10.2 Å². The largest absolute Gasteiger partial charge is 0.352 e. The molecule has 0 bridgehead atoms. The highest BCUT2D eigenvalue weighted by atomic mass is 19.1. The molecule has 1 saturated carbocycles. The first-order valence-electron chi connectivity index (χ1n) is 11.4. The Balaban J connectivity index is 1.35. The summed E-state index contributed by atoms with van der Waals surface area (Å²) in [4.78, 5) is 44.4. The number of piperidine rings is 1. The molecule has 2 saturated heterocycles. The van der Waals surface area contributed by atoms with Gasteiger partial charge < -0.3 is 20.0 Å². The molecule has 3 aliphatic rings. The molecule has 7 nitrogen and oxygen atoms in total. The maximum atomic E-state index is 13.6. The summed E-state index contributed by atoms with van der Waals surface area (Å²) in [5.41, 5.74) is 0.419. The molecule has 1 spiro atoms. The van der Waals surface area contributed by atoms with Gasteiger partial charge in [-0.3, -0.25) is 14.4 Å². The maximum Gasteiger partial charge on any atom is 0.253 e. The van der Waals surface area contributed by atoms with Crippen LogP contribution in [0.4, 0.5) is 10.1 Å². The molecule has 1 aliphatic carbocycles. The van der Waals surface area contributed by atoms with Gasteiger partial charge in [0.15, 0.2) is 0 Å². The SMILES string of the molecule is O=C(CN1CN(c2ccccc2)C2(CCN(C(=O)c3cccc(F)c3)CC2)C1=O)NC1CC1. The van der Waals surface area contributed by atoms with Gasteiger partial charge in [-0.1, -0.05) is 24.3 Å². The van der Waals surface area contributed by atoms with Gasteiger partial charge >= 0.3 is 0 Å². The first-order valence-corrected chi connectivity index (χ1v) is 11.4. The lowest BCUT2D eigenvalue weighted by Crippen LogP contribution is -2.57. The summed E-state index contributed by atoms with van der Waals surface area (Å²) in [6.07, 6.45) is 2.88. The van der Waals surface area contributed by atoms with Gasteiger partial charge in [0, 0.05) is 30.4 Å². The van der Waals surface area contributed by atoms with Crippen LogP contribution in [-0.4, -0.2) is 65.4 Å². The predicted octanol–water partition coefficient (Wildman–Crippen LogP) is 2.39. The van der Waals surface area contributed by atoms with E-state index in [0.717, 1.165) is 18.5 Å². The highest BCUT2D eigenvalue weighted by Crippen LogP contribution is 2.39. The zero-order valence-corrected chi connectivity index (χ0v) is 18.4. The van der Waals surface area contributed by atoms with Crippen LogP contribution in [0.1, 0.15) is 36.0 Å². The molecule has 2 heterocycles. The van der Waals surface area contributed by atoms with Crippen molar-refractivity contribution in [3.05, 3.63) is 66.0 Å². The third-order valence-corrected chi connectivity index (χ3v) is 6.81. The monoisotopic (exact) mass is 450 g/mol. The molecular formula is C25H27FN4O3. The molecule has 3 amide bonds. The number of nitrogens with one attached hydrogen (secondary N) is 1. The fraction of sp³-hybridized carbons (Fsp3) is 0.400. The number of para-hydroxylation sites is 1. The Bertz CT molecular complexity index is 1060. The average molecular weight is 451 g/mol. The summed E-state index contributed by atoms with van der Waals surface area (Å²) in [5.74, 6) is -0.887. The van der Waals surface area contributed by atoms with E-state index in [-0.39, 0.29) is 30.3 Å². The smallest absolute Gasteiger partial charge is 0.253 e. The Morgan fingerprint density at radius 2 is 1.76 bits per heavy atom. The zero-order valence-electron chi connectivity index (χ0n) is 18.4. The van der Waals surface area contributed by atoms with Crippen molar-refractivity contribution in [1.82, 2.24) is 15.1 Å². The Kier molecular flexibility index (Phi) is 5.52. The molecule has 5 rings (SSSR count). The van der Waals surface area contributed by atoms with Gasteiger partial charge in [-0.05, 0) is 56.0 Å². The van der Waals surface area contributed by atoms with Crippen molar-refractivity contribution in [2.45, 2.75) is 37.3 Å². The van der Waals surface area contributed by atoms with E-state index in [4.69, 9.17) is 0 Å². The molecular weight excluding hydrogens is 423 g/mol. The van der Waals surface area contributed by atoms with Crippen molar-refractivity contribution in [3.8, 4) is 0 Å². The minimum Gasteiger partial charge on any atom is -0.352 e. The van der Waals surface area contributed by atoms with E-state index in [9.17, 15) is 18.8 Å². The number of rotatable bonds is 5. The first kappa shape index (κ1) is 21.4. The van der Waals surface area contributed by atoms with E-state index < -0.39 is 11.4 Å². The van der Waals surface area contributed by atoms with Crippen molar-refractivity contribution in [3.63, 3.8) is 0 Å². The fourth-order valence-electron chi connectivity index (χ4n) is 4.88. The van der Waals surface area contributed by atoms with Crippen molar-refractivity contribution in [2.24, 2.45) is 0 Å². The topological polar surface area (TPSA) is 73.0 Å². The van der Waals surface area contributed by atoms with E-state index >= 15 is 0 Å². The molecule has 2 aromatic rings. The zero-order chi connectivity index (χ0) is 23.0. The number of hydrogen-bond acceptors (Lipinski definition) is 4. The molecule has 0 atom stereocenters. The highest BCUT2D eigenvalue weighted by molar-refractivity contribution is 5.97. The summed E-state index contributed by atoms with van der Waals surface area (Å²) in [7, 11) is 0. The summed E-state index contributed by atoms with van der Waals surface area (Å²) in [6, 6.07) is 15.6. The minimum absolute atomic E-state index is 0.0341. The van der Waals surface area contributed by atoms with E-state index in [1.54, 1.807) is 15.9 Å². The number of hydrogen-bond donors (Lipinski definition) is 1. The number of halogens is 1. The van der Waals surface area contributed by atoms with Crippen LogP contribution < -0.4 is 10.2 Å². The van der Waals surface area contributed by atoms with Gasteiger partial charge in [0.1, 0.15) is 17.9 Å². The third kappa shape index (κ3) is 4.17. The molecule has 1 N–H and O–H groups in total. The van der Waals surface area contributed by atoms with Gasteiger partial charge in [0.2, 0.25) is 5.91 Å². The molecule has 33 heavy (non-hydrogen) atoms. The first-order chi connectivity index (χ1) is 16.0. The Morgan fingerprint density at radius 1 is 1.03 bits per heavy atom. The maximum absolute atomic E-state index is 13.6. The van der Waals surface area contributed by atoms with Crippen LogP contribution in [0.25, 0.3) is 0 Å². The van der Waals surface area contributed by atoms with Crippen LogP contribution in [0.15, 0.2) is 54.6 Å². The Morgan fingerprint density at radius 3 is 2.42 bits per heavy atom. The summed E-state index contributed by atoms with van der Waals surface area (Å²) in [5, 5.41) is 2.96. The van der Waals surface area contributed by atoms with Crippen LogP contribution in [0.5, 0.6) is 0 Å². The van der Waals surface area contributed by atoms with E-state index in [1.807, 2.05) is 30.3 Å². The van der Waals surface area contributed by atoms with Crippen LogP contribution >= 0.6 is 0 Å². The highest BCUT2D eigenvalue weighted by Gasteiger charge is 2.54. The second-order valence-corrected chi connectivity index (χ2v) is 9.08. The Labute approximate surface area is 192 Å². The molecule has 2 aliphatic heterocycles. The van der Waals surface area contributed by atoms with Crippen molar-refractivity contribution >= 4 is 23.4 Å². The average Bonchev–Trinajstić information content (AvgIpc) is 3.61. The molecule has 172 valence electrons. The van der Waals surface area contributed by atoms with Gasteiger partial charge in [-0.15, -0.1) is 0 Å². The van der Waals surface area contributed by atoms with Crippen molar-refractivity contribution in [2.75, 3.05) is 31.2 Å². The second-order valence-electron chi connectivity index (χ2n) is 9.08. The fourth-order valence-corrected chi connectivity index (χ4v) is 4.88. The number of anilines is 1. The van der Waals surface area contributed by atoms with Crippen LogP contribution in [-0.2, 0) is 9.59 Å². The lowest BCUT2D eigenvalue weighted by molar-refractivity contribution is -0.137. The molecule has 3 fully saturated rings. The summed E-state index contributed by atoms with van der Waals surface area (Å²) < 4.78 is 13.6. The molecule has 8 heteroatoms. The van der Waals surface area contributed by atoms with Gasteiger partial charge in [-0.2, -0.15) is 0 Å². The summed E-state index contributed by atoms with van der Waals surface area (Å²) in [6.45, 7) is 1.13. The number of nitrogens with zero attached hydrogens (tertiary/aromatic N) is 3. The standard InChI is InChI=1S/C25H27FN4O3/c26-19-6-4-5-18(15-19)23(32)28-13-11-25(12-14-28)24(33)29(16-22(31)27-20-9-10-20)17-30(25)21-7-2-1-3-8-21/h1-8,15,20H,9-14,16-17H2,(H,27,31).